The molecule has 0 spiro atoms. The van der Waals surface area contributed by atoms with E-state index in [4.69, 9.17) is 5.11 Å². The van der Waals surface area contributed by atoms with Gasteiger partial charge in [-0.1, -0.05) is 12.1 Å². The third-order valence-electron chi connectivity index (χ3n) is 2.04. The molecule has 0 unspecified atom stereocenters. The van der Waals surface area contributed by atoms with Crippen LogP contribution in [0.5, 0.6) is 0 Å². The lowest BCUT2D eigenvalue weighted by molar-refractivity contribution is 0.140. The molecule has 1 heterocycles. The molecule has 2 N–H and O–H groups in total. The number of hydrogen-bond donors (Lipinski definition) is 2. The van der Waals surface area contributed by atoms with Gasteiger partial charge in [0.15, 0.2) is 0 Å². The summed E-state index contributed by atoms with van der Waals surface area (Å²) in [4.78, 5) is 0. The first-order valence-electron chi connectivity index (χ1n) is 4.37. The van der Waals surface area contributed by atoms with Gasteiger partial charge < -0.3 is 10.2 Å². The van der Waals surface area contributed by atoms with Gasteiger partial charge in [0.25, 0.3) is 0 Å². The Balaban J connectivity index is 2.76. The molecular formula is C8H15N3O2. The van der Waals surface area contributed by atoms with Crippen molar-refractivity contribution in [2.45, 2.75) is 39.5 Å². The second-order valence-corrected chi connectivity index (χ2v) is 3.02. The van der Waals surface area contributed by atoms with Gasteiger partial charge in [0.2, 0.25) is 0 Å². The average molecular weight is 185 g/mol. The molecule has 0 saturated carbocycles. The fourth-order valence-electron chi connectivity index (χ4n) is 1.09. The first-order chi connectivity index (χ1) is 6.19. The summed E-state index contributed by atoms with van der Waals surface area (Å²) in [5.41, 5.74) is 1.39. The van der Waals surface area contributed by atoms with Crippen molar-refractivity contribution in [3.8, 4) is 0 Å². The first-order valence-corrected chi connectivity index (χ1v) is 4.37. The van der Waals surface area contributed by atoms with Crippen molar-refractivity contribution in [1.82, 2.24) is 15.0 Å². The monoisotopic (exact) mass is 185 g/mol. The summed E-state index contributed by atoms with van der Waals surface area (Å²) in [6.07, 6.45) is 0.246. The standard InChI is InChI=1S/C8H15N3O2/c1-3-7(13)4-11-8(5-12)6(2)9-10-11/h7,12-13H,3-5H2,1-2H3/t7-/m0/s1. The molecule has 0 aliphatic heterocycles. The molecule has 0 radical (unpaired) electrons. The summed E-state index contributed by atoms with van der Waals surface area (Å²) in [5.74, 6) is 0. The maximum Gasteiger partial charge on any atom is 0.0871 e. The van der Waals surface area contributed by atoms with E-state index in [2.05, 4.69) is 10.3 Å². The highest BCUT2D eigenvalue weighted by molar-refractivity contribution is 5.06. The van der Waals surface area contributed by atoms with Crippen LogP contribution in [0.2, 0.25) is 0 Å². The Hall–Kier alpha value is -0.940. The molecule has 13 heavy (non-hydrogen) atoms. The maximum absolute atomic E-state index is 9.37. The van der Waals surface area contributed by atoms with Crippen LogP contribution in [0.3, 0.4) is 0 Å². The molecule has 74 valence electrons. The fourth-order valence-corrected chi connectivity index (χ4v) is 1.09. The molecule has 0 aliphatic rings. The Kier molecular flexibility index (Phi) is 3.39. The van der Waals surface area contributed by atoms with E-state index < -0.39 is 6.10 Å². The first kappa shape index (κ1) is 10.1. The number of rotatable bonds is 4. The molecule has 5 nitrogen and oxygen atoms in total. The van der Waals surface area contributed by atoms with Crippen LogP contribution in [0.15, 0.2) is 0 Å². The Bertz CT molecular complexity index is 272. The number of aryl methyl sites for hydroxylation is 1. The number of aromatic nitrogens is 3. The van der Waals surface area contributed by atoms with Crippen LogP contribution in [0, 0.1) is 6.92 Å². The van der Waals surface area contributed by atoms with Gasteiger partial charge in [0, 0.05) is 0 Å². The van der Waals surface area contributed by atoms with Crippen molar-refractivity contribution in [3.05, 3.63) is 11.4 Å². The summed E-state index contributed by atoms with van der Waals surface area (Å²) in [7, 11) is 0. The lowest BCUT2D eigenvalue weighted by Crippen LogP contribution is -2.18. The fraction of sp³-hybridized carbons (Fsp3) is 0.750. The zero-order valence-electron chi connectivity index (χ0n) is 7.93. The van der Waals surface area contributed by atoms with Gasteiger partial charge in [-0.25, -0.2) is 4.68 Å². The van der Waals surface area contributed by atoms with Gasteiger partial charge in [-0.05, 0) is 13.3 Å². The van der Waals surface area contributed by atoms with Crippen LogP contribution in [-0.4, -0.2) is 31.3 Å². The molecule has 1 aromatic rings. The molecule has 5 heteroatoms. The lowest BCUT2D eigenvalue weighted by atomic mass is 10.2. The molecule has 1 rings (SSSR count). The second-order valence-electron chi connectivity index (χ2n) is 3.02. The van der Waals surface area contributed by atoms with Crippen LogP contribution in [0.25, 0.3) is 0 Å². The molecule has 1 aromatic heterocycles. The molecular weight excluding hydrogens is 170 g/mol. The van der Waals surface area contributed by atoms with Gasteiger partial charge >= 0.3 is 0 Å². The predicted molar refractivity (Wildman–Crippen MR) is 47.0 cm³/mol. The van der Waals surface area contributed by atoms with E-state index in [1.165, 1.54) is 0 Å². The summed E-state index contributed by atoms with van der Waals surface area (Å²) in [6, 6.07) is 0. The minimum atomic E-state index is -0.425. The zero-order chi connectivity index (χ0) is 9.84. The number of hydrogen-bond acceptors (Lipinski definition) is 4. The number of aliphatic hydroxyl groups is 2. The Labute approximate surface area is 77.0 Å². The van der Waals surface area contributed by atoms with Crippen molar-refractivity contribution in [1.29, 1.82) is 0 Å². The predicted octanol–water partition coefficient (Wildman–Crippen LogP) is -0.150. The Morgan fingerprint density at radius 1 is 1.54 bits per heavy atom. The average Bonchev–Trinajstić information content (AvgIpc) is 2.46. The van der Waals surface area contributed by atoms with Gasteiger partial charge in [0.05, 0.1) is 30.6 Å². The van der Waals surface area contributed by atoms with E-state index in [1.54, 1.807) is 11.6 Å². The topological polar surface area (TPSA) is 71.2 Å². The molecule has 0 bridgehead atoms. The smallest absolute Gasteiger partial charge is 0.0871 e. The van der Waals surface area contributed by atoms with Crippen molar-refractivity contribution in [3.63, 3.8) is 0 Å². The van der Waals surface area contributed by atoms with Crippen molar-refractivity contribution < 1.29 is 10.2 Å². The van der Waals surface area contributed by atoms with Gasteiger partial charge in [0.1, 0.15) is 0 Å². The summed E-state index contributed by atoms with van der Waals surface area (Å²) >= 11 is 0. The summed E-state index contributed by atoms with van der Waals surface area (Å²) < 4.78 is 1.55. The van der Waals surface area contributed by atoms with Gasteiger partial charge in [-0.15, -0.1) is 5.10 Å². The molecule has 1 atom stereocenters. The highest BCUT2D eigenvalue weighted by atomic mass is 16.3. The van der Waals surface area contributed by atoms with E-state index in [1.807, 2.05) is 6.92 Å². The normalized spacial score (nSPS) is 13.2. The minimum absolute atomic E-state index is 0.0880. The zero-order valence-corrected chi connectivity index (χ0v) is 7.93. The molecule has 0 amide bonds. The third-order valence-corrected chi connectivity index (χ3v) is 2.04. The number of nitrogens with zero attached hydrogens (tertiary/aromatic N) is 3. The summed E-state index contributed by atoms with van der Waals surface area (Å²) in [5, 5.41) is 26.0. The van der Waals surface area contributed by atoms with Crippen molar-refractivity contribution in [2.24, 2.45) is 0 Å². The quantitative estimate of drug-likeness (QED) is 0.684. The van der Waals surface area contributed by atoms with E-state index in [-0.39, 0.29) is 6.61 Å². The highest BCUT2D eigenvalue weighted by Gasteiger charge is 2.10. The second kappa shape index (κ2) is 4.34. The van der Waals surface area contributed by atoms with Crippen LogP contribution in [-0.2, 0) is 13.2 Å². The largest absolute Gasteiger partial charge is 0.391 e. The van der Waals surface area contributed by atoms with Crippen LogP contribution >= 0.6 is 0 Å². The molecule has 0 fully saturated rings. The van der Waals surface area contributed by atoms with E-state index >= 15 is 0 Å². The van der Waals surface area contributed by atoms with Gasteiger partial charge in [-0.3, -0.25) is 0 Å². The third kappa shape index (κ3) is 2.26. The highest BCUT2D eigenvalue weighted by Crippen LogP contribution is 2.05. The van der Waals surface area contributed by atoms with E-state index in [0.29, 0.717) is 24.4 Å². The van der Waals surface area contributed by atoms with E-state index in [0.717, 1.165) is 0 Å². The van der Waals surface area contributed by atoms with Crippen LogP contribution in [0.4, 0.5) is 0 Å². The molecule has 0 aromatic carbocycles. The SMILES string of the molecule is CC[C@H](O)Cn1nnc(C)c1CO. The Morgan fingerprint density at radius 2 is 2.23 bits per heavy atom. The van der Waals surface area contributed by atoms with Crippen LogP contribution in [0.1, 0.15) is 24.7 Å². The molecule has 0 saturated heterocycles. The summed E-state index contributed by atoms with van der Waals surface area (Å²) in [6.45, 7) is 3.99. The van der Waals surface area contributed by atoms with E-state index in [9.17, 15) is 5.11 Å². The lowest BCUT2D eigenvalue weighted by Gasteiger charge is -2.08. The maximum atomic E-state index is 9.37. The van der Waals surface area contributed by atoms with Crippen LogP contribution < -0.4 is 0 Å². The van der Waals surface area contributed by atoms with Crippen molar-refractivity contribution in [2.75, 3.05) is 0 Å². The van der Waals surface area contributed by atoms with Gasteiger partial charge in [-0.2, -0.15) is 0 Å². The number of aliphatic hydroxyl groups excluding tert-OH is 2. The molecule has 0 aliphatic carbocycles. The Morgan fingerprint density at radius 3 is 2.77 bits per heavy atom. The van der Waals surface area contributed by atoms with Crippen molar-refractivity contribution >= 4 is 0 Å². The minimum Gasteiger partial charge on any atom is -0.391 e.